The van der Waals surface area contributed by atoms with Crippen molar-refractivity contribution in [2.75, 3.05) is 6.61 Å². The Morgan fingerprint density at radius 3 is 2.75 bits per heavy atom. The SMILES string of the molecule is CC.CCOC(=O)c1cn[nH]c1. The molecule has 0 unspecified atom stereocenters. The van der Waals surface area contributed by atoms with Gasteiger partial charge in [0.25, 0.3) is 0 Å². The minimum absolute atomic E-state index is 0.337. The van der Waals surface area contributed by atoms with Gasteiger partial charge in [0.05, 0.1) is 18.4 Å². The predicted octanol–water partition coefficient (Wildman–Crippen LogP) is 1.61. The summed E-state index contributed by atoms with van der Waals surface area (Å²) in [6.07, 6.45) is 2.93. The van der Waals surface area contributed by atoms with Crippen molar-refractivity contribution in [2.45, 2.75) is 20.8 Å². The Labute approximate surface area is 71.9 Å². The second kappa shape index (κ2) is 6.39. The van der Waals surface area contributed by atoms with Crippen LogP contribution in [0.3, 0.4) is 0 Å². The van der Waals surface area contributed by atoms with Gasteiger partial charge >= 0.3 is 5.97 Å². The van der Waals surface area contributed by atoms with Gasteiger partial charge in [-0.15, -0.1) is 0 Å². The van der Waals surface area contributed by atoms with Crippen molar-refractivity contribution in [3.8, 4) is 0 Å². The second-order valence-electron chi connectivity index (χ2n) is 1.71. The lowest BCUT2D eigenvalue weighted by molar-refractivity contribution is 0.0526. The first-order valence-corrected chi connectivity index (χ1v) is 4.00. The molecule has 0 atom stereocenters. The fourth-order valence-corrected chi connectivity index (χ4v) is 0.577. The molecular formula is C8H14N2O2. The van der Waals surface area contributed by atoms with Crippen LogP contribution >= 0.6 is 0 Å². The maximum Gasteiger partial charge on any atom is 0.341 e. The smallest absolute Gasteiger partial charge is 0.341 e. The lowest BCUT2D eigenvalue weighted by Gasteiger charge is -1.95. The lowest BCUT2D eigenvalue weighted by Crippen LogP contribution is -2.02. The van der Waals surface area contributed by atoms with E-state index >= 15 is 0 Å². The van der Waals surface area contributed by atoms with E-state index in [1.807, 2.05) is 13.8 Å². The number of H-pyrrole nitrogens is 1. The Hall–Kier alpha value is -1.32. The molecule has 1 aromatic heterocycles. The summed E-state index contributed by atoms with van der Waals surface area (Å²) >= 11 is 0. The largest absolute Gasteiger partial charge is 0.462 e. The highest BCUT2D eigenvalue weighted by molar-refractivity contribution is 5.88. The number of aromatic amines is 1. The van der Waals surface area contributed by atoms with E-state index in [0.717, 1.165) is 0 Å². The molecule has 0 fully saturated rings. The van der Waals surface area contributed by atoms with Gasteiger partial charge in [-0.1, -0.05) is 13.8 Å². The molecule has 4 nitrogen and oxygen atoms in total. The van der Waals surface area contributed by atoms with Crippen LogP contribution in [-0.4, -0.2) is 22.8 Å². The summed E-state index contributed by atoms with van der Waals surface area (Å²) in [6, 6.07) is 0. The number of esters is 1. The summed E-state index contributed by atoms with van der Waals surface area (Å²) < 4.78 is 4.69. The summed E-state index contributed by atoms with van der Waals surface area (Å²) in [5, 5.41) is 6.12. The molecule has 1 heterocycles. The standard InChI is InChI=1S/C6H8N2O2.C2H6/c1-2-10-6(9)5-3-7-8-4-5;1-2/h3-4H,2H2,1H3,(H,7,8);1-2H3. The first kappa shape index (κ1) is 10.7. The third kappa shape index (κ3) is 3.18. The highest BCUT2D eigenvalue weighted by atomic mass is 16.5. The van der Waals surface area contributed by atoms with Crippen LogP contribution in [0, 0.1) is 0 Å². The molecule has 0 saturated heterocycles. The van der Waals surface area contributed by atoms with Crippen molar-refractivity contribution in [3.05, 3.63) is 18.0 Å². The van der Waals surface area contributed by atoms with Crippen molar-refractivity contribution >= 4 is 5.97 Å². The van der Waals surface area contributed by atoms with Gasteiger partial charge in [0, 0.05) is 6.20 Å². The number of carbonyl (C=O) groups is 1. The van der Waals surface area contributed by atoms with E-state index in [4.69, 9.17) is 0 Å². The molecule has 1 rings (SSSR count). The average molecular weight is 170 g/mol. The molecule has 0 saturated carbocycles. The van der Waals surface area contributed by atoms with E-state index in [0.29, 0.717) is 12.2 Å². The van der Waals surface area contributed by atoms with E-state index in [2.05, 4.69) is 14.9 Å². The number of nitrogens with one attached hydrogen (secondary N) is 1. The van der Waals surface area contributed by atoms with E-state index in [1.54, 1.807) is 6.92 Å². The van der Waals surface area contributed by atoms with Gasteiger partial charge in [-0.25, -0.2) is 4.79 Å². The summed E-state index contributed by atoms with van der Waals surface area (Å²) in [5.74, 6) is -0.337. The van der Waals surface area contributed by atoms with E-state index in [-0.39, 0.29) is 5.97 Å². The maximum atomic E-state index is 10.8. The average Bonchev–Trinajstić information content (AvgIpc) is 2.60. The first-order chi connectivity index (χ1) is 5.84. The number of hydrogen-bond acceptors (Lipinski definition) is 3. The van der Waals surface area contributed by atoms with Crippen molar-refractivity contribution in [3.63, 3.8) is 0 Å². The van der Waals surface area contributed by atoms with Gasteiger partial charge in [0.15, 0.2) is 0 Å². The molecule has 68 valence electrons. The molecule has 0 bridgehead atoms. The summed E-state index contributed by atoms with van der Waals surface area (Å²) in [7, 11) is 0. The monoisotopic (exact) mass is 170 g/mol. The Morgan fingerprint density at radius 1 is 1.67 bits per heavy atom. The van der Waals surface area contributed by atoms with Crippen LogP contribution in [0.5, 0.6) is 0 Å². The Balaban J connectivity index is 0.000000561. The second-order valence-corrected chi connectivity index (χ2v) is 1.71. The minimum Gasteiger partial charge on any atom is -0.462 e. The summed E-state index contributed by atoms with van der Waals surface area (Å²) in [5.41, 5.74) is 0.460. The molecule has 0 radical (unpaired) electrons. The van der Waals surface area contributed by atoms with Crippen molar-refractivity contribution in [2.24, 2.45) is 0 Å². The lowest BCUT2D eigenvalue weighted by atomic mass is 10.4. The van der Waals surface area contributed by atoms with Gasteiger partial charge in [0.2, 0.25) is 0 Å². The Kier molecular flexibility index (Phi) is 5.69. The Morgan fingerprint density at radius 2 is 2.33 bits per heavy atom. The number of ether oxygens (including phenoxy) is 1. The van der Waals surface area contributed by atoms with Gasteiger partial charge in [-0.05, 0) is 6.92 Å². The minimum atomic E-state index is -0.337. The van der Waals surface area contributed by atoms with Gasteiger partial charge in [-0.3, -0.25) is 5.10 Å². The number of rotatable bonds is 2. The fourth-order valence-electron chi connectivity index (χ4n) is 0.577. The van der Waals surface area contributed by atoms with Crippen molar-refractivity contribution < 1.29 is 9.53 Å². The number of nitrogens with zero attached hydrogens (tertiary/aromatic N) is 1. The van der Waals surface area contributed by atoms with Crippen LogP contribution in [0.1, 0.15) is 31.1 Å². The normalized spacial score (nSPS) is 8.25. The number of aromatic nitrogens is 2. The molecule has 1 aromatic rings. The fraction of sp³-hybridized carbons (Fsp3) is 0.500. The number of hydrogen-bond donors (Lipinski definition) is 1. The first-order valence-electron chi connectivity index (χ1n) is 4.00. The Bertz CT molecular complexity index is 207. The van der Waals surface area contributed by atoms with Crippen LogP contribution in [0.2, 0.25) is 0 Å². The quantitative estimate of drug-likeness (QED) is 0.686. The molecule has 0 aliphatic rings. The van der Waals surface area contributed by atoms with Gasteiger partial charge in [0.1, 0.15) is 0 Å². The highest BCUT2D eigenvalue weighted by Crippen LogP contribution is 1.95. The predicted molar refractivity (Wildman–Crippen MR) is 45.9 cm³/mol. The van der Waals surface area contributed by atoms with Crippen LogP contribution < -0.4 is 0 Å². The third-order valence-corrected chi connectivity index (χ3v) is 1.01. The van der Waals surface area contributed by atoms with Crippen LogP contribution in [0.15, 0.2) is 12.4 Å². The molecule has 12 heavy (non-hydrogen) atoms. The van der Waals surface area contributed by atoms with Crippen LogP contribution in [0.25, 0.3) is 0 Å². The summed E-state index contributed by atoms with van der Waals surface area (Å²) in [6.45, 7) is 6.15. The van der Waals surface area contributed by atoms with E-state index < -0.39 is 0 Å². The molecular weight excluding hydrogens is 156 g/mol. The van der Waals surface area contributed by atoms with E-state index in [9.17, 15) is 4.79 Å². The van der Waals surface area contributed by atoms with Crippen molar-refractivity contribution in [1.82, 2.24) is 10.2 Å². The molecule has 1 N–H and O–H groups in total. The van der Waals surface area contributed by atoms with Crippen LogP contribution in [-0.2, 0) is 4.74 Å². The van der Waals surface area contributed by atoms with Gasteiger partial charge in [-0.2, -0.15) is 5.10 Å². The molecule has 4 heteroatoms. The van der Waals surface area contributed by atoms with Gasteiger partial charge < -0.3 is 4.74 Å². The zero-order valence-corrected chi connectivity index (χ0v) is 7.63. The highest BCUT2D eigenvalue weighted by Gasteiger charge is 2.04. The molecule has 0 aromatic carbocycles. The maximum absolute atomic E-state index is 10.8. The topological polar surface area (TPSA) is 55.0 Å². The van der Waals surface area contributed by atoms with E-state index in [1.165, 1.54) is 12.4 Å². The zero-order valence-electron chi connectivity index (χ0n) is 7.63. The molecule has 0 aliphatic carbocycles. The molecule has 0 amide bonds. The van der Waals surface area contributed by atoms with Crippen LogP contribution in [0.4, 0.5) is 0 Å². The third-order valence-electron chi connectivity index (χ3n) is 1.01. The summed E-state index contributed by atoms with van der Waals surface area (Å²) in [4.78, 5) is 10.8. The molecule has 0 spiro atoms. The number of carbonyl (C=O) groups excluding carboxylic acids is 1. The van der Waals surface area contributed by atoms with Crippen molar-refractivity contribution in [1.29, 1.82) is 0 Å². The molecule has 0 aliphatic heterocycles. The zero-order chi connectivity index (χ0) is 9.40.